The molecule has 1 amide bonds. The fourth-order valence-electron chi connectivity index (χ4n) is 3.51. The molecule has 2 aliphatic rings. The lowest BCUT2D eigenvalue weighted by Gasteiger charge is -2.35. The van der Waals surface area contributed by atoms with Crippen LogP contribution >= 0.6 is 0 Å². The van der Waals surface area contributed by atoms with Crippen LogP contribution in [0.5, 0.6) is 0 Å². The van der Waals surface area contributed by atoms with E-state index < -0.39 is 11.7 Å². The summed E-state index contributed by atoms with van der Waals surface area (Å²) in [5.41, 5.74) is 0.956. The largest absolute Gasteiger partial charge is 0.391 e. The van der Waals surface area contributed by atoms with Crippen LogP contribution in [0.4, 0.5) is 10.2 Å². The first-order valence-electron chi connectivity index (χ1n) is 8.75. The Morgan fingerprint density at radius 1 is 1.35 bits per heavy atom. The number of rotatable bonds is 4. The standard InChI is InChI=1S/C18H20FN5O2/c19-15-8-20-3-1-14(15)18(26)23-12-5-11(6-12)16-7-17(22-10-21-16)24-4-2-13(25)9-24/h1,3,7-8,10-13,25H,2,4-6,9H2,(H,23,26). The Morgan fingerprint density at radius 2 is 2.19 bits per heavy atom. The average Bonchev–Trinajstić information content (AvgIpc) is 3.04. The fourth-order valence-corrected chi connectivity index (χ4v) is 3.51. The summed E-state index contributed by atoms with van der Waals surface area (Å²) in [5.74, 6) is 0.0478. The second-order valence-corrected chi connectivity index (χ2v) is 6.88. The van der Waals surface area contributed by atoms with E-state index in [1.165, 1.54) is 12.3 Å². The summed E-state index contributed by atoms with van der Waals surface area (Å²) >= 11 is 0. The molecule has 3 heterocycles. The van der Waals surface area contributed by atoms with Gasteiger partial charge in [0.05, 0.1) is 17.9 Å². The summed E-state index contributed by atoms with van der Waals surface area (Å²) < 4.78 is 13.6. The van der Waals surface area contributed by atoms with Crippen molar-refractivity contribution in [3.8, 4) is 0 Å². The first kappa shape index (κ1) is 16.8. The monoisotopic (exact) mass is 357 g/mol. The van der Waals surface area contributed by atoms with Crippen LogP contribution in [-0.4, -0.2) is 51.2 Å². The van der Waals surface area contributed by atoms with Gasteiger partial charge in [0.1, 0.15) is 12.1 Å². The van der Waals surface area contributed by atoms with Crippen molar-refractivity contribution < 1.29 is 14.3 Å². The smallest absolute Gasteiger partial charge is 0.254 e. The topological polar surface area (TPSA) is 91.2 Å². The number of aliphatic hydroxyl groups excluding tert-OH is 1. The molecule has 1 atom stereocenters. The molecule has 2 fully saturated rings. The van der Waals surface area contributed by atoms with E-state index in [-0.39, 0.29) is 23.6 Å². The summed E-state index contributed by atoms with van der Waals surface area (Å²) in [6.07, 6.45) is 5.96. The zero-order valence-corrected chi connectivity index (χ0v) is 14.2. The molecular formula is C18H20FN5O2. The second kappa shape index (κ2) is 6.95. The Morgan fingerprint density at radius 3 is 2.92 bits per heavy atom. The third-order valence-electron chi connectivity index (χ3n) is 5.07. The van der Waals surface area contributed by atoms with Crippen LogP contribution in [0.15, 0.2) is 30.9 Å². The summed E-state index contributed by atoms with van der Waals surface area (Å²) in [7, 11) is 0. The molecule has 0 bridgehead atoms. The van der Waals surface area contributed by atoms with Crippen molar-refractivity contribution in [3.05, 3.63) is 47.9 Å². The van der Waals surface area contributed by atoms with E-state index in [4.69, 9.17) is 0 Å². The van der Waals surface area contributed by atoms with Crippen LogP contribution in [0.3, 0.4) is 0 Å². The normalized spacial score (nSPS) is 25.0. The third kappa shape index (κ3) is 3.37. The molecule has 1 saturated carbocycles. The van der Waals surface area contributed by atoms with E-state index in [0.717, 1.165) is 43.5 Å². The Labute approximate surface area is 150 Å². The lowest BCUT2D eigenvalue weighted by Crippen LogP contribution is -2.43. The zero-order chi connectivity index (χ0) is 18.1. The highest BCUT2D eigenvalue weighted by molar-refractivity contribution is 5.94. The number of anilines is 1. The molecule has 0 radical (unpaired) electrons. The molecule has 1 aliphatic heterocycles. The number of halogens is 1. The highest BCUT2D eigenvalue weighted by Gasteiger charge is 2.33. The number of carbonyl (C=O) groups excluding carboxylic acids is 1. The number of aliphatic hydroxyl groups is 1. The fraction of sp³-hybridized carbons (Fsp3) is 0.444. The van der Waals surface area contributed by atoms with Gasteiger partial charge in [-0.3, -0.25) is 9.78 Å². The van der Waals surface area contributed by atoms with Gasteiger partial charge in [-0.2, -0.15) is 0 Å². The molecule has 8 heteroatoms. The minimum atomic E-state index is -0.617. The van der Waals surface area contributed by atoms with Crippen LogP contribution < -0.4 is 10.2 Å². The van der Waals surface area contributed by atoms with E-state index in [9.17, 15) is 14.3 Å². The molecule has 0 spiro atoms. The predicted molar refractivity (Wildman–Crippen MR) is 92.3 cm³/mol. The number of amides is 1. The highest BCUT2D eigenvalue weighted by Crippen LogP contribution is 2.37. The lowest BCUT2D eigenvalue weighted by atomic mass is 9.78. The number of carbonyl (C=O) groups is 1. The first-order chi connectivity index (χ1) is 12.6. The van der Waals surface area contributed by atoms with E-state index >= 15 is 0 Å². The van der Waals surface area contributed by atoms with Gasteiger partial charge in [0.25, 0.3) is 5.91 Å². The van der Waals surface area contributed by atoms with Crippen molar-refractivity contribution in [2.75, 3.05) is 18.0 Å². The molecule has 136 valence electrons. The van der Waals surface area contributed by atoms with Gasteiger partial charge >= 0.3 is 0 Å². The molecule has 4 rings (SSSR count). The molecule has 2 N–H and O–H groups in total. The quantitative estimate of drug-likeness (QED) is 0.856. The number of nitrogens with zero attached hydrogens (tertiary/aromatic N) is 4. The predicted octanol–water partition coefficient (Wildman–Crippen LogP) is 1.26. The van der Waals surface area contributed by atoms with Gasteiger partial charge in [-0.05, 0) is 25.3 Å². The van der Waals surface area contributed by atoms with Gasteiger partial charge in [0.2, 0.25) is 0 Å². The van der Waals surface area contributed by atoms with Gasteiger partial charge in [-0.25, -0.2) is 14.4 Å². The number of pyridine rings is 1. The highest BCUT2D eigenvalue weighted by atomic mass is 19.1. The molecule has 1 unspecified atom stereocenters. The number of nitrogens with one attached hydrogen (secondary N) is 1. The van der Waals surface area contributed by atoms with Gasteiger partial charge in [0.15, 0.2) is 5.82 Å². The van der Waals surface area contributed by atoms with Crippen LogP contribution in [0.25, 0.3) is 0 Å². The average molecular weight is 357 g/mol. The van der Waals surface area contributed by atoms with Gasteiger partial charge in [-0.1, -0.05) is 0 Å². The van der Waals surface area contributed by atoms with Crippen molar-refractivity contribution in [3.63, 3.8) is 0 Å². The Balaban J connectivity index is 1.35. The molecule has 0 aromatic carbocycles. The van der Waals surface area contributed by atoms with Crippen LogP contribution in [0.1, 0.15) is 41.2 Å². The third-order valence-corrected chi connectivity index (χ3v) is 5.07. The van der Waals surface area contributed by atoms with Crippen molar-refractivity contribution in [1.29, 1.82) is 0 Å². The van der Waals surface area contributed by atoms with E-state index in [0.29, 0.717) is 6.54 Å². The number of aromatic nitrogens is 3. The Kier molecular flexibility index (Phi) is 4.50. The maximum absolute atomic E-state index is 13.6. The van der Waals surface area contributed by atoms with Crippen LogP contribution in [-0.2, 0) is 0 Å². The molecule has 1 aliphatic carbocycles. The molecule has 7 nitrogen and oxygen atoms in total. The Hall–Kier alpha value is -2.61. The molecule has 2 aromatic rings. The summed E-state index contributed by atoms with van der Waals surface area (Å²) in [6.45, 7) is 1.38. The SMILES string of the molecule is O=C(NC1CC(c2cc(N3CCC(O)C3)ncn2)C1)c1ccncc1F. The number of β-amino-alcohol motifs (C(OH)–C–C–N with tert-alkyl or cyclic N) is 1. The van der Waals surface area contributed by atoms with Crippen LogP contribution in [0, 0.1) is 5.82 Å². The van der Waals surface area contributed by atoms with Crippen LogP contribution in [0.2, 0.25) is 0 Å². The zero-order valence-electron chi connectivity index (χ0n) is 14.2. The Bertz CT molecular complexity index is 812. The number of hydrogen-bond acceptors (Lipinski definition) is 6. The molecular weight excluding hydrogens is 337 g/mol. The second-order valence-electron chi connectivity index (χ2n) is 6.88. The maximum Gasteiger partial charge on any atom is 0.254 e. The van der Waals surface area contributed by atoms with E-state index in [2.05, 4.69) is 25.2 Å². The van der Waals surface area contributed by atoms with Gasteiger partial charge in [0, 0.05) is 43.0 Å². The molecule has 1 saturated heterocycles. The van der Waals surface area contributed by atoms with Gasteiger partial charge in [-0.15, -0.1) is 0 Å². The van der Waals surface area contributed by atoms with Crippen molar-refractivity contribution >= 4 is 11.7 Å². The number of hydrogen-bond donors (Lipinski definition) is 2. The van der Waals surface area contributed by atoms with Crippen molar-refractivity contribution in [2.45, 2.75) is 37.3 Å². The summed E-state index contributed by atoms with van der Waals surface area (Å²) in [5, 5.41) is 12.5. The molecule has 2 aromatic heterocycles. The first-order valence-corrected chi connectivity index (χ1v) is 8.75. The minimum Gasteiger partial charge on any atom is -0.391 e. The molecule has 26 heavy (non-hydrogen) atoms. The van der Waals surface area contributed by atoms with E-state index in [1.807, 2.05) is 6.07 Å². The van der Waals surface area contributed by atoms with Gasteiger partial charge < -0.3 is 15.3 Å². The minimum absolute atomic E-state index is 0.00656. The summed E-state index contributed by atoms with van der Waals surface area (Å²) in [4.78, 5) is 26.5. The summed E-state index contributed by atoms with van der Waals surface area (Å²) in [6, 6.07) is 3.35. The maximum atomic E-state index is 13.6. The van der Waals surface area contributed by atoms with Crippen molar-refractivity contribution in [2.24, 2.45) is 0 Å². The lowest BCUT2D eigenvalue weighted by molar-refractivity contribution is 0.0904. The van der Waals surface area contributed by atoms with Crippen molar-refractivity contribution in [1.82, 2.24) is 20.3 Å². The van der Waals surface area contributed by atoms with E-state index in [1.54, 1.807) is 6.33 Å².